The predicted octanol–water partition coefficient (Wildman–Crippen LogP) is 2.30. The number of carbonyl (C=O) groups excluding carboxylic acids is 1. The van der Waals surface area contributed by atoms with Gasteiger partial charge in [0.1, 0.15) is 6.61 Å². The highest BCUT2D eigenvalue weighted by Gasteiger charge is 2.12. The van der Waals surface area contributed by atoms with Gasteiger partial charge in [0, 0.05) is 18.0 Å². The molecule has 0 radical (unpaired) electrons. The van der Waals surface area contributed by atoms with Gasteiger partial charge < -0.3 is 9.64 Å². The molecule has 0 aliphatic carbocycles. The summed E-state index contributed by atoms with van der Waals surface area (Å²) < 4.78 is 5.12. The minimum absolute atomic E-state index is 0.00940. The number of thiophene rings is 1. The summed E-state index contributed by atoms with van der Waals surface area (Å²) in [7, 11) is 0. The first-order chi connectivity index (χ1) is 7.77. The third-order valence-corrected chi connectivity index (χ3v) is 2.92. The molecule has 16 heavy (non-hydrogen) atoms. The van der Waals surface area contributed by atoms with Crippen molar-refractivity contribution < 1.29 is 9.53 Å². The van der Waals surface area contributed by atoms with Crippen molar-refractivity contribution in [1.82, 2.24) is 4.90 Å². The Balaban J connectivity index is 2.52. The predicted molar refractivity (Wildman–Crippen MR) is 66.4 cm³/mol. The van der Waals surface area contributed by atoms with Crippen molar-refractivity contribution in [3.63, 3.8) is 0 Å². The summed E-state index contributed by atoms with van der Waals surface area (Å²) in [4.78, 5) is 14.7. The second-order valence-corrected chi connectivity index (χ2v) is 4.31. The molecule has 0 aromatic carbocycles. The van der Waals surface area contributed by atoms with E-state index in [1.54, 1.807) is 22.3 Å². The standard InChI is InChI=1S/C12H17NO2S/c1-3-7-13(12(14)10-15-4-2)9-11-6-5-8-16-11/h3,5-6,8H,1,4,7,9-10H2,2H3. The molecule has 3 nitrogen and oxygen atoms in total. The average Bonchev–Trinajstić information content (AvgIpc) is 2.78. The third kappa shape index (κ3) is 4.16. The number of rotatable bonds is 7. The summed E-state index contributed by atoms with van der Waals surface area (Å²) in [6.45, 7) is 7.45. The van der Waals surface area contributed by atoms with Gasteiger partial charge in [-0.25, -0.2) is 0 Å². The Morgan fingerprint density at radius 2 is 2.50 bits per heavy atom. The van der Waals surface area contributed by atoms with Crippen molar-refractivity contribution in [3.05, 3.63) is 35.0 Å². The van der Waals surface area contributed by atoms with Gasteiger partial charge in [-0.05, 0) is 18.4 Å². The van der Waals surface area contributed by atoms with Crippen LogP contribution in [0.15, 0.2) is 30.2 Å². The number of hydrogen-bond donors (Lipinski definition) is 0. The molecule has 1 aromatic heterocycles. The van der Waals surface area contributed by atoms with Crippen LogP contribution in [-0.2, 0) is 16.1 Å². The molecular weight excluding hydrogens is 222 g/mol. The first kappa shape index (κ1) is 12.9. The first-order valence-corrected chi connectivity index (χ1v) is 6.14. The van der Waals surface area contributed by atoms with E-state index in [4.69, 9.17) is 4.74 Å². The molecule has 1 aromatic rings. The van der Waals surface area contributed by atoms with Gasteiger partial charge in [0.25, 0.3) is 0 Å². The molecule has 88 valence electrons. The van der Waals surface area contributed by atoms with E-state index < -0.39 is 0 Å². The highest BCUT2D eigenvalue weighted by atomic mass is 32.1. The van der Waals surface area contributed by atoms with Gasteiger partial charge in [-0.3, -0.25) is 4.79 Å². The largest absolute Gasteiger partial charge is 0.372 e. The summed E-state index contributed by atoms with van der Waals surface area (Å²) in [5, 5.41) is 2.01. The van der Waals surface area contributed by atoms with Crippen molar-refractivity contribution in [3.8, 4) is 0 Å². The van der Waals surface area contributed by atoms with Crippen LogP contribution >= 0.6 is 11.3 Å². The van der Waals surface area contributed by atoms with Crippen LogP contribution in [0, 0.1) is 0 Å². The third-order valence-electron chi connectivity index (χ3n) is 2.06. The molecular formula is C12H17NO2S. The van der Waals surface area contributed by atoms with E-state index in [9.17, 15) is 4.79 Å². The number of ether oxygens (including phenoxy) is 1. The van der Waals surface area contributed by atoms with Crippen molar-refractivity contribution in [2.24, 2.45) is 0 Å². The molecule has 1 rings (SSSR count). The van der Waals surface area contributed by atoms with Crippen LogP contribution in [0.2, 0.25) is 0 Å². The van der Waals surface area contributed by atoms with Crippen LogP contribution < -0.4 is 0 Å². The molecule has 0 saturated carbocycles. The number of hydrogen-bond acceptors (Lipinski definition) is 3. The Kier molecular flexibility index (Phi) is 5.82. The molecule has 1 heterocycles. The topological polar surface area (TPSA) is 29.5 Å². The summed E-state index contributed by atoms with van der Waals surface area (Å²) >= 11 is 1.65. The molecule has 0 bridgehead atoms. The molecule has 0 atom stereocenters. The van der Waals surface area contributed by atoms with Crippen LogP contribution in [0.4, 0.5) is 0 Å². The summed E-state index contributed by atoms with van der Waals surface area (Å²) in [5.74, 6) is 0.00940. The fourth-order valence-corrected chi connectivity index (χ4v) is 2.00. The zero-order valence-electron chi connectivity index (χ0n) is 9.52. The molecule has 0 saturated heterocycles. The van der Waals surface area contributed by atoms with Crippen molar-refractivity contribution in [2.45, 2.75) is 13.5 Å². The van der Waals surface area contributed by atoms with Gasteiger partial charge in [0.05, 0.1) is 6.54 Å². The Labute approximate surface area is 100 Å². The number of carbonyl (C=O) groups is 1. The maximum atomic E-state index is 11.8. The van der Waals surface area contributed by atoms with Gasteiger partial charge in [0.15, 0.2) is 0 Å². The van der Waals surface area contributed by atoms with Crippen LogP contribution in [0.5, 0.6) is 0 Å². The summed E-state index contributed by atoms with van der Waals surface area (Å²) in [6.07, 6.45) is 1.73. The molecule has 0 aliphatic heterocycles. The lowest BCUT2D eigenvalue weighted by Gasteiger charge is -2.20. The monoisotopic (exact) mass is 239 g/mol. The van der Waals surface area contributed by atoms with Gasteiger partial charge in [-0.15, -0.1) is 17.9 Å². The minimum Gasteiger partial charge on any atom is -0.372 e. The normalized spacial score (nSPS) is 10.1. The van der Waals surface area contributed by atoms with Crippen LogP contribution in [0.3, 0.4) is 0 Å². The van der Waals surface area contributed by atoms with Crippen molar-refractivity contribution in [2.75, 3.05) is 19.8 Å². The van der Waals surface area contributed by atoms with E-state index >= 15 is 0 Å². The summed E-state index contributed by atoms with van der Waals surface area (Å²) in [5.41, 5.74) is 0. The fourth-order valence-electron chi connectivity index (χ4n) is 1.28. The van der Waals surface area contributed by atoms with E-state index in [0.29, 0.717) is 19.7 Å². The Bertz CT molecular complexity index is 322. The molecule has 0 aliphatic rings. The Hall–Kier alpha value is -1.13. The quantitative estimate of drug-likeness (QED) is 0.683. The highest BCUT2D eigenvalue weighted by molar-refractivity contribution is 7.09. The van der Waals surface area contributed by atoms with E-state index in [2.05, 4.69) is 6.58 Å². The lowest BCUT2D eigenvalue weighted by molar-refractivity contribution is -0.136. The van der Waals surface area contributed by atoms with E-state index in [-0.39, 0.29) is 12.5 Å². The number of nitrogens with zero attached hydrogens (tertiary/aromatic N) is 1. The second kappa shape index (κ2) is 7.19. The SMILES string of the molecule is C=CCN(Cc1cccs1)C(=O)COCC. The summed E-state index contributed by atoms with van der Waals surface area (Å²) in [6, 6.07) is 4.01. The zero-order valence-corrected chi connectivity index (χ0v) is 10.3. The van der Waals surface area contributed by atoms with E-state index in [1.165, 1.54) is 4.88 Å². The molecule has 0 fully saturated rings. The van der Waals surface area contributed by atoms with Gasteiger partial charge >= 0.3 is 0 Å². The smallest absolute Gasteiger partial charge is 0.249 e. The van der Waals surface area contributed by atoms with Crippen molar-refractivity contribution in [1.29, 1.82) is 0 Å². The maximum absolute atomic E-state index is 11.8. The second-order valence-electron chi connectivity index (χ2n) is 3.28. The van der Waals surface area contributed by atoms with Crippen molar-refractivity contribution >= 4 is 17.2 Å². The lowest BCUT2D eigenvalue weighted by Crippen LogP contribution is -2.33. The van der Waals surface area contributed by atoms with Gasteiger partial charge in [0.2, 0.25) is 5.91 Å². The molecule has 0 unspecified atom stereocenters. The van der Waals surface area contributed by atoms with Crippen LogP contribution in [0.25, 0.3) is 0 Å². The fraction of sp³-hybridized carbons (Fsp3) is 0.417. The zero-order chi connectivity index (χ0) is 11.8. The molecule has 0 spiro atoms. The van der Waals surface area contributed by atoms with Gasteiger partial charge in [-0.2, -0.15) is 0 Å². The lowest BCUT2D eigenvalue weighted by atomic mass is 10.4. The van der Waals surface area contributed by atoms with Crippen LogP contribution in [-0.4, -0.2) is 30.6 Å². The molecule has 1 amide bonds. The maximum Gasteiger partial charge on any atom is 0.249 e. The minimum atomic E-state index is 0.00940. The molecule has 4 heteroatoms. The Morgan fingerprint density at radius 1 is 1.69 bits per heavy atom. The average molecular weight is 239 g/mol. The van der Waals surface area contributed by atoms with Crippen LogP contribution in [0.1, 0.15) is 11.8 Å². The van der Waals surface area contributed by atoms with Gasteiger partial charge in [-0.1, -0.05) is 12.1 Å². The van der Waals surface area contributed by atoms with E-state index in [1.807, 2.05) is 24.4 Å². The molecule has 0 N–H and O–H groups in total. The first-order valence-electron chi connectivity index (χ1n) is 5.26. The Morgan fingerprint density at radius 3 is 3.06 bits per heavy atom. The highest BCUT2D eigenvalue weighted by Crippen LogP contribution is 2.12. The number of amides is 1. The van der Waals surface area contributed by atoms with E-state index in [0.717, 1.165) is 0 Å².